The van der Waals surface area contributed by atoms with Gasteiger partial charge in [-0.3, -0.25) is 0 Å². The van der Waals surface area contributed by atoms with Gasteiger partial charge in [-0.05, 0) is 25.0 Å². The summed E-state index contributed by atoms with van der Waals surface area (Å²) in [4.78, 5) is 0. The molecule has 1 aromatic rings. The van der Waals surface area contributed by atoms with Crippen molar-refractivity contribution in [3.05, 3.63) is 23.8 Å². The Labute approximate surface area is 121 Å². The molecule has 1 aliphatic carbocycles. The van der Waals surface area contributed by atoms with Crippen LogP contribution in [0.15, 0.2) is 18.2 Å². The van der Waals surface area contributed by atoms with Crippen LogP contribution in [0.1, 0.15) is 43.7 Å². The Morgan fingerprint density at radius 2 is 1.95 bits per heavy atom. The molecule has 0 spiro atoms. The number of nitrogens with one attached hydrogen (secondary N) is 1. The summed E-state index contributed by atoms with van der Waals surface area (Å²) in [6.07, 6.45) is 6.25. The molecule has 112 valence electrons. The fourth-order valence-corrected chi connectivity index (χ4v) is 2.90. The fourth-order valence-electron chi connectivity index (χ4n) is 2.90. The summed E-state index contributed by atoms with van der Waals surface area (Å²) >= 11 is 0. The summed E-state index contributed by atoms with van der Waals surface area (Å²) in [6, 6.07) is 6.14. The monoisotopic (exact) mass is 279 g/mol. The molecule has 0 amide bonds. The number of ether oxygens (including phenoxy) is 2. The van der Waals surface area contributed by atoms with Crippen LogP contribution in [0.5, 0.6) is 11.5 Å². The summed E-state index contributed by atoms with van der Waals surface area (Å²) in [5, 5.41) is 13.3. The molecule has 1 saturated carbocycles. The summed E-state index contributed by atoms with van der Waals surface area (Å²) in [6.45, 7) is 0.0686. The van der Waals surface area contributed by atoms with Gasteiger partial charge in [0.25, 0.3) is 0 Å². The van der Waals surface area contributed by atoms with Crippen LogP contribution in [0.3, 0.4) is 0 Å². The lowest BCUT2D eigenvalue weighted by Gasteiger charge is -2.28. The molecule has 1 fully saturated rings. The Morgan fingerprint density at radius 3 is 2.55 bits per heavy atom. The van der Waals surface area contributed by atoms with E-state index < -0.39 is 0 Å². The van der Waals surface area contributed by atoms with E-state index >= 15 is 0 Å². The summed E-state index contributed by atoms with van der Waals surface area (Å²) in [5.74, 6) is 1.52. The van der Waals surface area contributed by atoms with Crippen molar-refractivity contribution in [2.75, 3.05) is 20.8 Å². The molecule has 20 heavy (non-hydrogen) atoms. The Kier molecular flexibility index (Phi) is 5.68. The van der Waals surface area contributed by atoms with Gasteiger partial charge in [0.2, 0.25) is 0 Å². The van der Waals surface area contributed by atoms with Crippen LogP contribution >= 0.6 is 0 Å². The number of hydrogen-bond acceptors (Lipinski definition) is 4. The van der Waals surface area contributed by atoms with Crippen molar-refractivity contribution in [3.8, 4) is 11.5 Å². The molecule has 0 aliphatic heterocycles. The van der Waals surface area contributed by atoms with Crippen LogP contribution in [-0.2, 0) is 0 Å². The number of hydrogen-bond donors (Lipinski definition) is 2. The maximum atomic E-state index is 9.71. The van der Waals surface area contributed by atoms with Gasteiger partial charge in [-0.1, -0.05) is 19.3 Å². The van der Waals surface area contributed by atoms with Crippen molar-refractivity contribution >= 4 is 0 Å². The second-order valence-corrected chi connectivity index (χ2v) is 5.34. The molecule has 0 saturated heterocycles. The number of benzene rings is 1. The van der Waals surface area contributed by atoms with Gasteiger partial charge < -0.3 is 19.9 Å². The Balaban J connectivity index is 2.13. The van der Waals surface area contributed by atoms with Crippen LogP contribution in [-0.4, -0.2) is 32.0 Å². The minimum atomic E-state index is -0.0843. The van der Waals surface area contributed by atoms with E-state index in [-0.39, 0.29) is 12.6 Å². The third-order valence-electron chi connectivity index (χ3n) is 4.04. The normalized spacial score (nSPS) is 17.8. The van der Waals surface area contributed by atoms with Crippen LogP contribution in [0.25, 0.3) is 0 Å². The highest BCUT2D eigenvalue weighted by Crippen LogP contribution is 2.30. The second-order valence-electron chi connectivity index (χ2n) is 5.34. The maximum Gasteiger partial charge on any atom is 0.127 e. The predicted molar refractivity (Wildman–Crippen MR) is 79.4 cm³/mol. The van der Waals surface area contributed by atoms with Crippen molar-refractivity contribution in [2.24, 2.45) is 0 Å². The molecule has 0 radical (unpaired) electrons. The summed E-state index contributed by atoms with van der Waals surface area (Å²) in [7, 11) is 3.28. The van der Waals surface area contributed by atoms with Crippen molar-refractivity contribution < 1.29 is 14.6 Å². The van der Waals surface area contributed by atoms with Gasteiger partial charge >= 0.3 is 0 Å². The van der Waals surface area contributed by atoms with E-state index in [1.54, 1.807) is 14.2 Å². The Hall–Kier alpha value is -1.26. The third kappa shape index (κ3) is 3.64. The van der Waals surface area contributed by atoms with Crippen molar-refractivity contribution in [3.63, 3.8) is 0 Å². The van der Waals surface area contributed by atoms with Crippen LogP contribution in [0.2, 0.25) is 0 Å². The molecule has 1 unspecified atom stereocenters. The van der Waals surface area contributed by atoms with Gasteiger partial charge in [0.15, 0.2) is 0 Å². The van der Waals surface area contributed by atoms with Gasteiger partial charge in [0, 0.05) is 17.7 Å². The van der Waals surface area contributed by atoms with E-state index in [9.17, 15) is 5.11 Å². The van der Waals surface area contributed by atoms with Gasteiger partial charge in [-0.2, -0.15) is 0 Å². The minimum Gasteiger partial charge on any atom is -0.497 e. The smallest absolute Gasteiger partial charge is 0.127 e. The van der Waals surface area contributed by atoms with Crippen LogP contribution in [0, 0.1) is 0 Å². The van der Waals surface area contributed by atoms with Gasteiger partial charge in [-0.15, -0.1) is 0 Å². The Bertz CT molecular complexity index is 416. The maximum absolute atomic E-state index is 9.71. The lowest BCUT2D eigenvalue weighted by Crippen LogP contribution is -2.36. The van der Waals surface area contributed by atoms with E-state index in [1.165, 1.54) is 32.1 Å². The lowest BCUT2D eigenvalue weighted by molar-refractivity contribution is 0.217. The third-order valence-corrected chi connectivity index (χ3v) is 4.04. The summed E-state index contributed by atoms with van der Waals surface area (Å²) < 4.78 is 10.6. The van der Waals surface area contributed by atoms with E-state index in [4.69, 9.17) is 9.47 Å². The molecule has 1 aliphatic rings. The first-order chi connectivity index (χ1) is 9.78. The highest BCUT2D eigenvalue weighted by molar-refractivity contribution is 5.42. The van der Waals surface area contributed by atoms with Crippen molar-refractivity contribution in [1.82, 2.24) is 5.32 Å². The number of methoxy groups -OCH3 is 2. The van der Waals surface area contributed by atoms with Gasteiger partial charge in [0.1, 0.15) is 11.5 Å². The Morgan fingerprint density at radius 1 is 1.20 bits per heavy atom. The molecule has 2 rings (SSSR count). The molecule has 0 bridgehead atoms. The standard InChI is InChI=1S/C16H25NO3/c1-19-13-8-9-14(16(10-13)20-2)15(11-18)17-12-6-4-3-5-7-12/h8-10,12,15,17-18H,3-7,11H2,1-2H3. The zero-order valence-electron chi connectivity index (χ0n) is 12.4. The average Bonchev–Trinajstić information content (AvgIpc) is 2.53. The fraction of sp³-hybridized carbons (Fsp3) is 0.625. The van der Waals surface area contributed by atoms with Crippen LogP contribution < -0.4 is 14.8 Å². The first kappa shape index (κ1) is 15.1. The molecule has 0 aromatic heterocycles. The quantitative estimate of drug-likeness (QED) is 0.840. The number of aliphatic hydroxyl groups is 1. The molecular weight excluding hydrogens is 254 g/mol. The van der Waals surface area contributed by atoms with Gasteiger partial charge in [-0.25, -0.2) is 0 Å². The molecule has 4 heteroatoms. The molecule has 4 nitrogen and oxygen atoms in total. The number of rotatable bonds is 6. The average molecular weight is 279 g/mol. The first-order valence-electron chi connectivity index (χ1n) is 7.37. The molecule has 0 heterocycles. The minimum absolute atomic E-state index is 0.0686. The van der Waals surface area contributed by atoms with Gasteiger partial charge in [0.05, 0.1) is 26.9 Å². The molecular formula is C16H25NO3. The largest absolute Gasteiger partial charge is 0.497 e. The molecule has 2 N–H and O–H groups in total. The van der Waals surface area contributed by atoms with Crippen LogP contribution in [0.4, 0.5) is 0 Å². The number of aliphatic hydroxyl groups excluding tert-OH is 1. The van der Waals surface area contributed by atoms with E-state index in [1.807, 2.05) is 18.2 Å². The van der Waals surface area contributed by atoms with E-state index in [2.05, 4.69) is 5.32 Å². The zero-order valence-corrected chi connectivity index (χ0v) is 12.4. The molecule has 1 atom stereocenters. The van der Waals surface area contributed by atoms with E-state index in [0.29, 0.717) is 6.04 Å². The predicted octanol–water partition coefficient (Wildman–Crippen LogP) is 2.66. The van der Waals surface area contributed by atoms with E-state index in [0.717, 1.165) is 17.1 Å². The second kappa shape index (κ2) is 7.50. The SMILES string of the molecule is COc1ccc(C(CO)NC2CCCCC2)c(OC)c1. The first-order valence-corrected chi connectivity index (χ1v) is 7.37. The van der Waals surface area contributed by atoms with Crippen molar-refractivity contribution in [1.29, 1.82) is 0 Å². The van der Waals surface area contributed by atoms with Crippen molar-refractivity contribution in [2.45, 2.75) is 44.2 Å². The summed E-state index contributed by atoms with van der Waals surface area (Å²) in [5.41, 5.74) is 0.987. The molecule has 1 aromatic carbocycles. The highest BCUT2D eigenvalue weighted by atomic mass is 16.5. The zero-order chi connectivity index (χ0) is 14.4. The topological polar surface area (TPSA) is 50.7 Å². The lowest BCUT2D eigenvalue weighted by atomic mass is 9.94. The highest BCUT2D eigenvalue weighted by Gasteiger charge is 2.21.